The molecule has 0 bridgehead atoms. The number of benzene rings is 1. The van der Waals surface area contributed by atoms with Crippen molar-refractivity contribution in [3.05, 3.63) is 82.4 Å². The van der Waals surface area contributed by atoms with Crippen molar-refractivity contribution in [1.82, 2.24) is 19.8 Å². The number of hydrogen-bond acceptors (Lipinski definition) is 2. The van der Waals surface area contributed by atoms with E-state index in [4.69, 9.17) is 23.8 Å². The lowest BCUT2D eigenvalue weighted by Gasteiger charge is -2.29. The van der Waals surface area contributed by atoms with E-state index < -0.39 is 0 Å². The molecule has 2 aromatic heterocycles. The maximum absolute atomic E-state index is 6.11. The zero-order valence-electron chi connectivity index (χ0n) is 17.8. The average Bonchev–Trinajstić information content (AvgIpc) is 3.19. The second-order valence-corrected chi connectivity index (χ2v) is 9.13. The van der Waals surface area contributed by atoms with Crippen LogP contribution >= 0.6 is 23.8 Å². The molecule has 0 radical (unpaired) electrons. The van der Waals surface area contributed by atoms with E-state index in [9.17, 15) is 0 Å². The van der Waals surface area contributed by atoms with E-state index in [1.807, 2.05) is 30.5 Å². The lowest BCUT2D eigenvalue weighted by Crippen LogP contribution is -2.33. The molecule has 4 nitrogen and oxygen atoms in total. The van der Waals surface area contributed by atoms with Crippen LogP contribution in [0.4, 0.5) is 0 Å². The van der Waals surface area contributed by atoms with Gasteiger partial charge in [0.15, 0.2) is 5.11 Å². The molecule has 3 aromatic rings. The molecule has 6 heteroatoms. The largest absolute Gasteiger partial charge is 0.352 e. The van der Waals surface area contributed by atoms with Gasteiger partial charge >= 0.3 is 0 Å². The standard InChI is InChI=1S/C24H27ClN4S/c1-15(2)14-28-23(22(27-24(28)30)21-7-5-6-12-26-21)20-13-16(3)29(17(20)4)19-10-8-18(25)9-11-19/h5-13,15,22-23H,14H2,1-4H3,(H,27,30). The van der Waals surface area contributed by atoms with Crippen LogP contribution in [-0.4, -0.2) is 26.1 Å². The molecule has 1 saturated heterocycles. The first-order chi connectivity index (χ1) is 14.4. The van der Waals surface area contributed by atoms with Crippen LogP contribution in [0.1, 0.15) is 48.6 Å². The molecular formula is C24H27ClN4S. The molecule has 1 N–H and O–H groups in total. The van der Waals surface area contributed by atoms with Gasteiger partial charge in [-0.1, -0.05) is 31.5 Å². The van der Waals surface area contributed by atoms with E-state index in [2.05, 4.69) is 71.7 Å². The van der Waals surface area contributed by atoms with Gasteiger partial charge in [0.2, 0.25) is 0 Å². The molecule has 0 amide bonds. The van der Waals surface area contributed by atoms with E-state index in [-0.39, 0.29) is 12.1 Å². The summed E-state index contributed by atoms with van der Waals surface area (Å²) in [6, 6.07) is 16.4. The van der Waals surface area contributed by atoms with Gasteiger partial charge in [-0.05, 0) is 80.0 Å². The van der Waals surface area contributed by atoms with Gasteiger partial charge in [-0.15, -0.1) is 0 Å². The van der Waals surface area contributed by atoms with Crippen LogP contribution in [0.2, 0.25) is 5.02 Å². The van der Waals surface area contributed by atoms with Gasteiger partial charge in [-0.25, -0.2) is 0 Å². The lowest BCUT2D eigenvalue weighted by molar-refractivity contribution is 0.287. The molecular weight excluding hydrogens is 412 g/mol. The second kappa shape index (κ2) is 8.40. The predicted molar refractivity (Wildman–Crippen MR) is 127 cm³/mol. The molecule has 4 rings (SSSR count). The maximum atomic E-state index is 6.11. The van der Waals surface area contributed by atoms with Gasteiger partial charge in [0.25, 0.3) is 0 Å². The topological polar surface area (TPSA) is 33.1 Å². The summed E-state index contributed by atoms with van der Waals surface area (Å²) in [6.45, 7) is 9.68. The van der Waals surface area contributed by atoms with Crippen LogP contribution in [-0.2, 0) is 0 Å². The van der Waals surface area contributed by atoms with Crippen molar-refractivity contribution >= 4 is 28.9 Å². The molecule has 156 valence electrons. The Morgan fingerprint density at radius 2 is 1.87 bits per heavy atom. The number of halogens is 1. The van der Waals surface area contributed by atoms with Gasteiger partial charge < -0.3 is 14.8 Å². The Hall–Kier alpha value is -2.37. The molecule has 1 fully saturated rings. The Bertz CT molecular complexity index is 1040. The van der Waals surface area contributed by atoms with Crippen molar-refractivity contribution in [2.45, 2.75) is 39.8 Å². The Balaban J connectivity index is 1.83. The first-order valence-electron chi connectivity index (χ1n) is 10.3. The molecule has 2 unspecified atom stereocenters. The fourth-order valence-corrected chi connectivity index (χ4v) is 4.85. The highest BCUT2D eigenvalue weighted by atomic mass is 35.5. The number of nitrogens with zero attached hydrogens (tertiary/aromatic N) is 3. The summed E-state index contributed by atoms with van der Waals surface area (Å²) in [6.07, 6.45) is 1.85. The summed E-state index contributed by atoms with van der Waals surface area (Å²) in [4.78, 5) is 6.97. The summed E-state index contributed by atoms with van der Waals surface area (Å²) in [5, 5.41) is 5.08. The minimum absolute atomic E-state index is 0.0108. The minimum Gasteiger partial charge on any atom is -0.352 e. The summed E-state index contributed by atoms with van der Waals surface area (Å²) < 4.78 is 2.29. The SMILES string of the molecule is Cc1cc(C2C(c3ccccn3)NC(=S)N2CC(C)C)c(C)n1-c1ccc(Cl)cc1. The fraction of sp³-hybridized carbons (Fsp3) is 0.333. The number of pyridine rings is 1. The van der Waals surface area contributed by atoms with Crippen molar-refractivity contribution in [2.75, 3.05) is 6.54 Å². The fourth-order valence-electron chi connectivity index (χ4n) is 4.41. The zero-order chi connectivity index (χ0) is 21.4. The zero-order valence-corrected chi connectivity index (χ0v) is 19.3. The Labute approximate surface area is 188 Å². The molecule has 0 spiro atoms. The van der Waals surface area contributed by atoms with Gasteiger partial charge in [-0.2, -0.15) is 0 Å². The smallest absolute Gasteiger partial charge is 0.170 e. The monoisotopic (exact) mass is 438 g/mol. The molecule has 30 heavy (non-hydrogen) atoms. The Kier molecular flexibility index (Phi) is 5.85. The molecule has 1 aliphatic rings. The van der Waals surface area contributed by atoms with E-state index in [0.717, 1.165) is 28.1 Å². The van der Waals surface area contributed by atoms with Crippen LogP contribution in [0.3, 0.4) is 0 Å². The number of hydrogen-bond donors (Lipinski definition) is 1. The molecule has 3 heterocycles. The Morgan fingerprint density at radius 1 is 1.13 bits per heavy atom. The van der Waals surface area contributed by atoms with E-state index in [1.165, 1.54) is 17.0 Å². The summed E-state index contributed by atoms with van der Waals surface area (Å²) in [7, 11) is 0. The van der Waals surface area contributed by atoms with Gasteiger partial charge in [0.05, 0.1) is 17.8 Å². The van der Waals surface area contributed by atoms with Gasteiger partial charge in [0.1, 0.15) is 0 Å². The Morgan fingerprint density at radius 3 is 2.50 bits per heavy atom. The highest BCUT2D eigenvalue weighted by Gasteiger charge is 2.41. The quantitative estimate of drug-likeness (QED) is 0.512. The third-order valence-electron chi connectivity index (χ3n) is 5.63. The van der Waals surface area contributed by atoms with E-state index >= 15 is 0 Å². The number of aryl methyl sites for hydroxylation is 1. The van der Waals surface area contributed by atoms with E-state index in [0.29, 0.717) is 5.92 Å². The summed E-state index contributed by atoms with van der Waals surface area (Å²) in [5.74, 6) is 0.495. The third kappa shape index (κ3) is 3.84. The molecule has 0 aliphatic carbocycles. The highest BCUT2D eigenvalue weighted by molar-refractivity contribution is 7.80. The van der Waals surface area contributed by atoms with Crippen molar-refractivity contribution in [3.8, 4) is 5.69 Å². The minimum atomic E-state index is 0.0108. The van der Waals surface area contributed by atoms with Crippen molar-refractivity contribution in [3.63, 3.8) is 0 Å². The van der Waals surface area contributed by atoms with Gasteiger partial charge in [0, 0.05) is 34.8 Å². The van der Waals surface area contributed by atoms with Gasteiger partial charge in [-0.3, -0.25) is 4.98 Å². The van der Waals surface area contributed by atoms with Crippen LogP contribution in [0, 0.1) is 19.8 Å². The maximum Gasteiger partial charge on any atom is 0.170 e. The van der Waals surface area contributed by atoms with Crippen LogP contribution in [0.25, 0.3) is 5.69 Å². The summed E-state index contributed by atoms with van der Waals surface area (Å²) in [5.41, 5.74) is 5.78. The number of nitrogens with one attached hydrogen (secondary N) is 1. The van der Waals surface area contributed by atoms with Crippen molar-refractivity contribution < 1.29 is 0 Å². The van der Waals surface area contributed by atoms with Crippen LogP contribution < -0.4 is 5.32 Å². The first kappa shape index (κ1) is 20.9. The molecule has 1 aliphatic heterocycles. The number of rotatable bonds is 5. The summed E-state index contributed by atoms with van der Waals surface area (Å²) >= 11 is 11.9. The van der Waals surface area contributed by atoms with Crippen LogP contribution in [0.5, 0.6) is 0 Å². The molecule has 0 saturated carbocycles. The lowest BCUT2D eigenvalue weighted by atomic mass is 9.96. The highest BCUT2D eigenvalue weighted by Crippen LogP contribution is 2.41. The van der Waals surface area contributed by atoms with Crippen LogP contribution in [0.15, 0.2) is 54.7 Å². The number of aromatic nitrogens is 2. The van der Waals surface area contributed by atoms with E-state index in [1.54, 1.807) is 0 Å². The number of thiocarbonyl (C=S) groups is 1. The normalized spacial score (nSPS) is 18.9. The molecule has 2 atom stereocenters. The average molecular weight is 439 g/mol. The second-order valence-electron chi connectivity index (χ2n) is 8.31. The first-order valence-corrected chi connectivity index (χ1v) is 11.1. The third-order valence-corrected chi connectivity index (χ3v) is 6.24. The van der Waals surface area contributed by atoms with Crippen molar-refractivity contribution in [2.24, 2.45) is 5.92 Å². The van der Waals surface area contributed by atoms with Crippen molar-refractivity contribution in [1.29, 1.82) is 0 Å². The predicted octanol–water partition coefficient (Wildman–Crippen LogP) is 5.77. The molecule has 1 aromatic carbocycles.